The van der Waals surface area contributed by atoms with Crippen LogP contribution < -0.4 is 0 Å². The quantitative estimate of drug-likeness (QED) is 0.574. The Hall–Kier alpha value is 0. The van der Waals surface area contributed by atoms with Crippen molar-refractivity contribution < 1.29 is 5.11 Å². The van der Waals surface area contributed by atoms with Crippen LogP contribution in [0.2, 0.25) is 0 Å². The summed E-state index contributed by atoms with van der Waals surface area (Å²) in [6.07, 6.45) is 0.234. The van der Waals surface area contributed by atoms with Gasteiger partial charge in [-0.15, -0.1) is 0 Å². The van der Waals surface area contributed by atoms with Crippen LogP contribution in [-0.2, 0) is 0 Å². The fourth-order valence-electron chi connectivity index (χ4n) is 0.165. The molecule has 0 fully saturated rings. The molecule has 0 aromatic heterocycles. The van der Waals surface area contributed by atoms with Crippen molar-refractivity contribution >= 4 is 15.9 Å². The number of hydrogen-bond donors (Lipinski definition) is 1. The Kier molecular flexibility index (Phi) is 4.17. The highest BCUT2D eigenvalue weighted by atomic mass is 79.9. The predicted octanol–water partition coefficient (Wildman–Crippen LogP) is 1.11. The molecule has 0 aliphatic heterocycles. The van der Waals surface area contributed by atoms with Crippen LogP contribution in [0, 0.1) is 10.8 Å². The van der Waals surface area contributed by atoms with Crippen LogP contribution in [-0.4, -0.2) is 11.2 Å². The van der Waals surface area contributed by atoms with E-state index >= 15 is 0 Å². The van der Waals surface area contributed by atoms with E-state index in [-0.39, 0.29) is 0 Å². The van der Waals surface area contributed by atoms with Gasteiger partial charge in [-0.1, -0.05) is 12.8 Å². The van der Waals surface area contributed by atoms with E-state index in [1.165, 1.54) is 0 Å². The first-order valence-electron chi connectivity index (χ1n) is 2.10. The Bertz CT molecular complexity index is 90.0. The fraction of sp³-hybridized carbons (Fsp3) is 0.600. The lowest BCUT2D eigenvalue weighted by molar-refractivity contribution is 0.228. The van der Waals surface area contributed by atoms with Crippen molar-refractivity contribution in [3.05, 3.63) is 0 Å². The molecule has 0 saturated carbocycles. The van der Waals surface area contributed by atoms with Gasteiger partial charge in [0.15, 0.2) is 0 Å². The molecular formula is C5H7BrO. The summed E-state index contributed by atoms with van der Waals surface area (Å²) in [4.78, 5) is 2.43. The summed E-state index contributed by atoms with van der Waals surface area (Å²) < 4.78 is 0. The molecule has 1 unspecified atom stereocenters. The number of aliphatic hydroxyl groups is 1. The first-order chi connectivity index (χ1) is 3.31. The Morgan fingerprint density at radius 1 is 1.86 bits per heavy atom. The van der Waals surface area contributed by atoms with Crippen LogP contribution >= 0.6 is 15.9 Å². The molecule has 0 rings (SSSR count). The Morgan fingerprint density at radius 2 is 2.43 bits per heavy atom. The zero-order valence-corrected chi connectivity index (χ0v) is 5.70. The molecule has 0 aromatic carbocycles. The topological polar surface area (TPSA) is 20.2 Å². The van der Waals surface area contributed by atoms with E-state index in [1.54, 1.807) is 0 Å². The minimum atomic E-state index is -0.459. The van der Waals surface area contributed by atoms with Crippen molar-refractivity contribution in [3.63, 3.8) is 0 Å². The minimum absolute atomic E-state index is 0.459. The Labute approximate surface area is 51.9 Å². The average molecular weight is 163 g/mol. The highest BCUT2D eigenvalue weighted by molar-refractivity contribution is 9.12. The second-order valence-electron chi connectivity index (χ2n) is 1.16. The van der Waals surface area contributed by atoms with Crippen molar-refractivity contribution in [2.24, 2.45) is 0 Å². The van der Waals surface area contributed by atoms with E-state index in [0.29, 0.717) is 6.42 Å². The summed E-state index contributed by atoms with van der Waals surface area (Å²) >= 11 is 2.87. The SMILES string of the molecule is CCC(O)C#CBr. The van der Waals surface area contributed by atoms with Crippen molar-refractivity contribution in [1.29, 1.82) is 0 Å². The molecule has 7 heavy (non-hydrogen) atoms. The second-order valence-corrected chi connectivity index (χ2v) is 1.56. The van der Waals surface area contributed by atoms with Gasteiger partial charge in [0.1, 0.15) is 6.10 Å². The molecule has 0 aliphatic rings. The van der Waals surface area contributed by atoms with Gasteiger partial charge < -0.3 is 5.11 Å². The maximum atomic E-state index is 8.65. The van der Waals surface area contributed by atoms with Crippen LogP contribution in [0.25, 0.3) is 0 Å². The monoisotopic (exact) mass is 162 g/mol. The van der Waals surface area contributed by atoms with E-state index < -0.39 is 6.10 Å². The van der Waals surface area contributed by atoms with E-state index in [1.807, 2.05) is 6.92 Å². The van der Waals surface area contributed by atoms with Gasteiger partial charge in [-0.2, -0.15) is 0 Å². The van der Waals surface area contributed by atoms with Crippen LogP contribution in [0.3, 0.4) is 0 Å². The van der Waals surface area contributed by atoms with Crippen LogP contribution in [0.5, 0.6) is 0 Å². The Morgan fingerprint density at radius 3 is 2.57 bits per heavy atom. The van der Waals surface area contributed by atoms with Gasteiger partial charge in [0.05, 0.1) is 0 Å². The number of hydrogen-bond acceptors (Lipinski definition) is 1. The van der Waals surface area contributed by atoms with Crippen LogP contribution in [0.1, 0.15) is 13.3 Å². The lowest BCUT2D eigenvalue weighted by Crippen LogP contribution is -1.97. The average Bonchev–Trinajstić information content (AvgIpc) is 1.68. The van der Waals surface area contributed by atoms with Gasteiger partial charge in [0.2, 0.25) is 0 Å². The van der Waals surface area contributed by atoms with E-state index in [4.69, 9.17) is 5.11 Å². The summed E-state index contributed by atoms with van der Waals surface area (Å²) in [6, 6.07) is 0. The lowest BCUT2D eigenvalue weighted by Gasteiger charge is -1.91. The standard InChI is InChI=1S/C5H7BrO/c1-2-5(7)3-4-6/h5,7H,2H2,1H3. The van der Waals surface area contributed by atoms with E-state index in [9.17, 15) is 0 Å². The molecule has 1 nitrogen and oxygen atoms in total. The summed E-state index contributed by atoms with van der Waals surface area (Å²) in [5.41, 5.74) is 0. The van der Waals surface area contributed by atoms with Crippen molar-refractivity contribution in [2.75, 3.05) is 0 Å². The molecule has 0 aromatic rings. The summed E-state index contributed by atoms with van der Waals surface area (Å²) in [6.45, 7) is 1.88. The molecule has 0 saturated heterocycles. The van der Waals surface area contributed by atoms with E-state index in [2.05, 4.69) is 26.7 Å². The van der Waals surface area contributed by atoms with Gasteiger partial charge in [0.25, 0.3) is 0 Å². The van der Waals surface area contributed by atoms with Crippen molar-refractivity contribution in [3.8, 4) is 10.8 Å². The number of aliphatic hydroxyl groups excluding tert-OH is 1. The van der Waals surface area contributed by atoms with Crippen molar-refractivity contribution in [1.82, 2.24) is 0 Å². The first-order valence-corrected chi connectivity index (χ1v) is 2.89. The molecule has 0 bridgehead atoms. The van der Waals surface area contributed by atoms with Gasteiger partial charge in [-0.3, -0.25) is 0 Å². The smallest absolute Gasteiger partial charge is 0.115 e. The highest BCUT2D eigenvalue weighted by Crippen LogP contribution is 1.85. The molecule has 40 valence electrons. The first kappa shape index (κ1) is 7.00. The fourth-order valence-corrected chi connectivity index (χ4v) is 0.429. The number of halogens is 1. The van der Waals surface area contributed by atoms with E-state index in [0.717, 1.165) is 0 Å². The second kappa shape index (κ2) is 4.17. The zero-order chi connectivity index (χ0) is 5.70. The molecule has 0 amide bonds. The third kappa shape index (κ3) is 3.84. The molecule has 0 heterocycles. The van der Waals surface area contributed by atoms with Crippen LogP contribution in [0.15, 0.2) is 0 Å². The van der Waals surface area contributed by atoms with Gasteiger partial charge >= 0.3 is 0 Å². The molecule has 0 radical (unpaired) electrons. The van der Waals surface area contributed by atoms with Gasteiger partial charge in [-0.05, 0) is 11.3 Å². The summed E-state index contributed by atoms with van der Waals surface area (Å²) in [5, 5.41) is 8.65. The lowest BCUT2D eigenvalue weighted by atomic mass is 10.3. The van der Waals surface area contributed by atoms with Crippen molar-refractivity contribution in [2.45, 2.75) is 19.4 Å². The Balaban J connectivity index is 3.29. The predicted molar refractivity (Wildman–Crippen MR) is 33.0 cm³/mol. The molecule has 2 heteroatoms. The third-order valence-electron chi connectivity index (χ3n) is 0.608. The maximum Gasteiger partial charge on any atom is 0.115 e. The third-order valence-corrected chi connectivity index (χ3v) is 0.837. The highest BCUT2D eigenvalue weighted by Gasteiger charge is 1.88. The molecular weight excluding hydrogens is 156 g/mol. The minimum Gasteiger partial charge on any atom is -0.380 e. The maximum absolute atomic E-state index is 8.65. The van der Waals surface area contributed by atoms with Crippen LogP contribution in [0.4, 0.5) is 0 Å². The normalized spacial score (nSPS) is 11.9. The molecule has 1 atom stereocenters. The molecule has 0 aliphatic carbocycles. The summed E-state index contributed by atoms with van der Waals surface area (Å²) in [7, 11) is 0. The largest absolute Gasteiger partial charge is 0.380 e. The van der Waals surface area contributed by atoms with Gasteiger partial charge in [0, 0.05) is 15.9 Å². The number of rotatable bonds is 1. The summed E-state index contributed by atoms with van der Waals surface area (Å²) in [5.74, 6) is 2.52. The molecule has 0 spiro atoms. The molecule has 1 N–H and O–H groups in total. The van der Waals surface area contributed by atoms with Gasteiger partial charge in [-0.25, -0.2) is 0 Å². The zero-order valence-electron chi connectivity index (χ0n) is 4.11.